The largest absolute Gasteiger partial charge is 0.507 e. The zero-order chi connectivity index (χ0) is 21.2. The monoisotopic (exact) mass is 406 g/mol. The molecule has 1 aromatic rings. The molecule has 6 heteroatoms. The number of amides is 1. The number of phenols is 1. The van der Waals surface area contributed by atoms with Crippen molar-refractivity contribution in [2.45, 2.75) is 12.8 Å². The lowest BCUT2D eigenvalue weighted by atomic mass is 10.1. The average Bonchev–Trinajstić information content (AvgIpc) is 3.01. The molecular weight excluding hydrogens is 376 g/mol. The van der Waals surface area contributed by atoms with E-state index < -0.39 is 0 Å². The highest BCUT2D eigenvalue weighted by atomic mass is 16.3. The Morgan fingerprint density at radius 3 is 2.80 bits per heavy atom. The standard InChI is InChI=1S/C24H30N4O2/c1-2-8-21-11-7-12-22(24(21)30)17-25-26-23(29)19-28-15-13-27(14-16-28)18-20-9-5-3-4-6-10-20/h2-5,7,9-12,17,30H,1,6,8,13-16,18-19H2,(H,26,29)/b25-17+. The Morgan fingerprint density at radius 1 is 1.20 bits per heavy atom. The van der Waals surface area contributed by atoms with Crippen molar-refractivity contribution in [1.82, 2.24) is 15.2 Å². The van der Waals surface area contributed by atoms with Crippen molar-refractivity contribution in [2.24, 2.45) is 5.10 Å². The first-order chi connectivity index (χ1) is 14.7. The fourth-order valence-corrected chi connectivity index (χ4v) is 3.55. The number of hydrogen-bond acceptors (Lipinski definition) is 5. The van der Waals surface area contributed by atoms with Crippen LogP contribution in [0.3, 0.4) is 0 Å². The van der Waals surface area contributed by atoms with Crippen LogP contribution in [0.2, 0.25) is 0 Å². The number of aromatic hydroxyl groups is 1. The van der Waals surface area contributed by atoms with Gasteiger partial charge in [0.1, 0.15) is 5.75 Å². The predicted octanol–water partition coefficient (Wildman–Crippen LogP) is 2.63. The lowest BCUT2D eigenvalue weighted by Crippen LogP contribution is -2.49. The summed E-state index contributed by atoms with van der Waals surface area (Å²) in [5, 5.41) is 14.2. The third-order valence-corrected chi connectivity index (χ3v) is 5.22. The highest BCUT2D eigenvalue weighted by Gasteiger charge is 2.19. The topological polar surface area (TPSA) is 68.2 Å². The van der Waals surface area contributed by atoms with Crippen LogP contribution in [0.4, 0.5) is 0 Å². The third-order valence-electron chi connectivity index (χ3n) is 5.22. The maximum atomic E-state index is 12.2. The number of carbonyl (C=O) groups excluding carboxylic acids is 1. The van der Waals surface area contributed by atoms with Crippen molar-refractivity contribution in [3.63, 3.8) is 0 Å². The molecule has 1 aliphatic heterocycles. The SMILES string of the molecule is C=CCc1cccc(/C=N/NC(=O)CN2CCN(CC3=CCC=CC=C3)CC2)c1O. The van der Waals surface area contributed by atoms with Crippen molar-refractivity contribution in [2.75, 3.05) is 39.3 Å². The van der Waals surface area contributed by atoms with Crippen LogP contribution in [0, 0.1) is 0 Å². The number of allylic oxidation sites excluding steroid dienone is 5. The van der Waals surface area contributed by atoms with E-state index in [4.69, 9.17) is 0 Å². The van der Waals surface area contributed by atoms with E-state index >= 15 is 0 Å². The number of benzene rings is 1. The third kappa shape index (κ3) is 6.54. The van der Waals surface area contributed by atoms with Gasteiger partial charge in [-0.05, 0) is 30.0 Å². The van der Waals surface area contributed by atoms with Crippen LogP contribution in [-0.4, -0.2) is 66.3 Å². The molecule has 0 atom stereocenters. The molecule has 0 spiro atoms. The fourth-order valence-electron chi connectivity index (χ4n) is 3.55. The number of piperazine rings is 1. The number of phenolic OH excluding ortho intramolecular Hbond substituents is 1. The number of nitrogens with zero attached hydrogens (tertiary/aromatic N) is 3. The maximum Gasteiger partial charge on any atom is 0.254 e. The molecule has 158 valence electrons. The molecule has 1 saturated heterocycles. The zero-order valence-electron chi connectivity index (χ0n) is 17.3. The molecule has 2 N–H and O–H groups in total. The average molecular weight is 407 g/mol. The number of nitrogens with one attached hydrogen (secondary N) is 1. The first-order valence-electron chi connectivity index (χ1n) is 10.4. The highest BCUT2D eigenvalue weighted by Crippen LogP contribution is 2.21. The van der Waals surface area contributed by atoms with E-state index in [0.717, 1.165) is 44.7 Å². The Labute approximate surface area is 178 Å². The van der Waals surface area contributed by atoms with Gasteiger partial charge in [0.05, 0.1) is 12.8 Å². The minimum atomic E-state index is -0.151. The van der Waals surface area contributed by atoms with E-state index in [9.17, 15) is 9.90 Å². The van der Waals surface area contributed by atoms with Gasteiger partial charge in [-0.25, -0.2) is 5.43 Å². The summed E-state index contributed by atoms with van der Waals surface area (Å²) in [4.78, 5) is 16.8. The van der Waals surface area contributed by atoms with Gasteiger partial charge in [-0.1, -0.05) is 48.6 Å². The molecule has 0 unspecified atom stereocenters. The lowest BCUT2D eigenvalue weighted by molar-refractivity contribution is -0.122. The second-order valence-electron chi connectivity index (χ2n) is 7.50. The van der Waals surface area contributed by atoms with Gasteiger partial charge in [0.15, 0.2) is 0 Å². The van der Waals surface area contributed by atoms with E-state index in [1.165, 1.54) is 11.8 Å². The fraction of sp³-hybridized carbons (Fsp3) is 0.333. The van der Waals surface area contributed by atoms with E-state index in [1.54, 1.807) is 12.1 Å². The summed E-state index contributed by atoms with van der Waals surface area (Å²) in [6.45, 7) is 8.57. The van der Waals surface area contributed by atoms with Crippen molar-refractivity contribution in [1.29, 1.82) is 0 Å². The number of hydrazone groups is 1. The Bertz CT molecular complexity index is 862. The van der Waals surface area contributed by atoms with E-state index in [-0.39, 0.29) is 11.7 Å². The van der Waals surface area contributed by atoms with Crippen LogP contribution in [0.1, 0.15) is 17.5 Å². The molecule has 1 aliphatic carbocycles. The number of rotatable bonds is 8. The molecule has 0 saturated carbocycles. The zero-order valence-corrected chi connectivity index (χ0v) is 17.3. The number of hydrogen-bond donors (Lipinski definition) is 2. The van der Waals surface area contributed by atoms with E-state index in [2.05, 4.69) is 57.3 Å². The quantitative estimate of drug-likeness (QED) is 0.396. The van der Waals surface area contributed by atoms with Crippen molar-refractivity contribution < 1.29 is 9.90 Å². The van der Waals surface area contributed by atoms with Crippen LogP contribution in [0.15, 0.2) is 71.9 Å². The van der Waals surface area contributed by atoms with Crippen molar-refractivity contribution >= 4 is 12.1 Å². The second kappa shape index (κ2) is 11.3. The summed E-state index contributed by atoms with van der Waals surface area (Å²) in [7, 11) is 0. The van der Waals surface area contributed by atoms with Gasteiger partial charge in [0, 0.05) is 38.3 Å². The van der Waals surface area contributed by atoms with Crippen molar-refractivity contribution in [3.05, 3.63) is 77.9 Å². The van der Waals surface area contributed by atoms with Gasteiger partial charge in [0.25, 0.3) is 5.91 Å². The van der Waals surface area contributed by atoms with Gasteiger partial charge >= 0.3 is 0 Å². The van der Waals surface area contributed by atoms with Gasteiger partial charge < -0.3 is 5.11 Å². The summed E-state index contributed by atoms with van der Waals surface area (Å²) in [5.74, 6) is 0.0165. The van der Waals surface area contributed by atoms with Gasteiger partial charge in [-0.15, -0.1) is 6.58 Å². The first kappa shape index (κ1) is 21.7. The predicted molar refractivity (Wildman–Crippen MR) is 122 cm³/mol. The molecule has 0 aromatic heterocycles. The van der Waals surface area contributed by atoms with Gasteiger partial charge in [0.2, 0.25) is 0 Å². The van der Waals surface area contributed by atoms with Crippen molar-refractivity contribution in [3.8, 4) is 5.75 Å². The van der Waals surface area contributed by atoms with Crippen LogP contribution in [0.25, 0.3) is 0 Å². The first-order valence-corrected chi connectivity index (χ1v) is 10.4. The molecule has 2 aliphatic rings. The summed E-state index contributed by atoms with van der Waals surface area (Å²) in [6, 6.07) is 5.44. The minimum absolute atomic E-state index is 0.151. The number of carbonyl (C=O) groups is 1. The van der Waals surface area contributed by atoms with Crippen LogP contribution in [-0.2, 0) is 11.2 Å². The molecule has 1 fully saturated rings. The van der Waals surface area contributed by atoms with Crippen LogP contribution < -0.4 is 5.43 Å². The molecular formula is C24H30N4O2. The Balaban J connectivity index is 1.41. The smallest absolute Gasteiger partial charge is 0.254 e. The molecule has 1 amide bonds. The molecule has 1 aromatic carbocycles. The molecule has 1 heterocycles. The maximum absolute atomic E-state index is 12.2. The van der Waals surface area contributed by atoms with E-state index in [1.807, 2.05) is 12.1 Å². The lowest BCUT2D eigenvalue weighted by Gasteiger charge is -2.34. The minimum Gasteiger partial charge on any atom is -0.507 e. The Morgan fingerprint density at radius 2 is 2.00 bits per heavy atom. The molecule has 0 radical (unpaired) electrons. The molecule has 0 bridgehead atoms. The highest BCUT2D eigenvalue weighted by molar-refractivity contribution is 5.86. The second-order valence-corrected chi connectivity index (χ2v) is 7.50. The number of para-hydroxylation sites is 1. The molecule has 3 rings (SSSR count). The molecule has 6 nitrogen and oxygen atoms in total. The van der Waals surface area contributed by atoms with Crippen LogP contribution in [0.5, 0.6) is 5.75 Å². The molecule has 30 heavy (non-hydrogen) atoms. The Hall–Kier alpha value is -2.96. The summed E-state index contributed by atoms with van der Waals surface area (Å²) < 4.78 is 0. The van der Waals surface area contributed by atoms with Crippen LogP contribution >= 0.6 is 0 Å². The van der Waals surface area contributed by atoms with Gasteiger partial charge in [-0.2, -0.15) is 5.10 Å². The summed E-state index contributed by atoms with van der Waals surface area (Å²) in [6.07, 6.45) is 15.5. The normalized spacial score (nSPS) is 17.7. The Kier molecular flexibility index (Phi) is 8.18. The summed E-state index contributed by atoms with van der Waals surface area (Å²) >= 11 is 0. The van der Waals surface area contributed by atoms with E-state index in [0.29, 0.717) is 18.5 Å². The summed E-state index contributed by atoms with van der Waals surface area (Å²) in [5.41, 5.74) is 5.26. The van der Waals surface area contributed by atoms with Gasteiger partial charge in [-0.3, -0.25) is 14.6 Å².